The van der Waals surface area contributed by atoms with Gasteiger partial charge in [-0.1, -0.05) is 6.92 Å². The summed E-state index contributed by atoms with van der Waals surface area (Å²) in [6, 6.07) is 1.74. The Morgan fingerprint density at radius 1 is 1.42 bits per heavy atom. The van der Waals surface area contributed by atoms with Crippen LogP contribution < -0.4 is 11.1 Å². The summed E-state index contributed by atoms with van der Waals surface area (Å²) in [6.07, 6.45) is 0.809. The van der Waals surface area contributed by atoms with Crippen LogP contribution in [-0.4, -0.2) is 16.5 Å². The summed E-state index contributed by atoms with van der Waals surface area (Å²) in [6.45, 7) is 4.87. The average molecular weight is 166 g/mol. The smallest absolute Gasteiger partial charge is 0.132 e. The van der Waals surface area contributed by atoms with Gasteiger partial charge in [-0.2, -0.15) is 0 Å². The number of aryl methyl sites for hydroxylation is 1. The minimum absolute atomic E-state index is 0.526. The fourth-order valence-electron chi connectivity index (χ4n) is 0.947. The number of nitrogen functional groups attached to an aromatic ring is 1. The predicted octanol–water partition coefficient (Wildman–Crippen LogP) is 1.05. The summed E-state index contributed by atoms with van der Waals surface area (Å²) >= 11 is 0. The van der Waals surface area contributed by atoms with Crippen molar-refractivity contribution in [3.63, 3.8) is 0 Å². The van der Waals surface area contributed by atoms with E-state index in [1.165, 1.54) is 0 Å². The second-order valence-electron chi connectivity index (χ2n) is 2.48. The van der Waals surface area contributed by atoms with Crippen LogP contribution >= 0.6 is 0 Å². The highest BCUT2D eigenvalue weighted by molar-refractivity contribution is 5.44. The lowest BCUT2D eigenvalue weighted by molar-refractivity contribution is 0.941. The zero-order valence-electron chi connectivity index (χ0n) is 7.46. The van der Waals surface area contributed by atoms with Crippen molar-refractivity contribution in [2.45, 2.75) is 20.3 Å². The van der Waals surface area contributed by atoms with Crippen molar-refractivity contribution >= 4 is 11.6 Å². The van der Waals surface area contributed by atoms with Gasteiger partial charge in [0, 0.05) is 19.0 Å². The van der Waals surface area contributed by atoms with Crippen LogP contribution in [0.1, 0.15) is 19.7 Å². The number of nitrogens with one attached hydrogen (secondary N) is 1. The van der Waals surface area contributed by atoms with Gasteiger partial charge in [-0.15, -0.1) is 0 Å². The third-order valence-electron chi connectivity index (χ3n) is 1.47. The predicted molar refractivity (Wildman–Crippen MR) is 50.0 cm³/mol. The zero-order chi connectivity index (χ0) is 8.97. The molecule has 1 aromatic rings. The topological polar surface area (TPSA) is 63.8 Å². The molecule has 1 rings (SSSR count). The first-order chi connectivity index (χ1) is 5.76. The first kappa shape index (κ1) is 8.77. The van der Waals surface area contributed by atoms with Crippen molar-refractivity contribution in [2.24, 2.45) is 0 Å². The fourth-order valence-corrected chi connectivity index (χ4v) is 0.947. The van der Waals surface area contributed by atoms with Crippen LogP contribution in [0.5, 0.6) is 0 Å². The molecule has 0 atom stereocenters. The molecule has 0 aromatic carbocycles. The molecule has 1 aromatic heterocycles. The third-order valence-corrected chi connectivity index (χ3v) is 1.47. The van der Waals surface area contributed by atoms with Crippen LogP contribution in [0, 0.1) is 0 Å². The van der Waals surface area contributed by atoms with Crippen molar-refractivity contribution in [3.05, 3.63) is 11.9 Å². The molecule has 1 heterocycles. The number of nitrogens with two attached hydrogens (primary N) is 1. The lowest BCUT2D eigenvalue weighted by atomic mass is 10.4. The van der Waals surface area contributed by atoms with Gasteiger partial charge in [0.1, 0.15) is 17.5 Å². The number of anilines is 2. The molecule has 0 bridgehead atoms. The first-order valence-electron chi connectivity index (χ1n) is 4.13. The molecule has 66 valence electrons. The van der Waals surface area contributed by atoms with E-state index in [0.29, 0.717) is 5.82 Å². The van der Waals surface area contributed by atoms with Gasteiger partial charge in [0.15, 0.2) is 0 Å². The lowest BCUT2D eigenvalue weighted by Gasteiger charge is -2.04. The second-order valence-corrected chi connectivity index (χ2v) is 2.48. The maximum absolute atomic E-state index is 5.57. The van der Waals surface area contributed by atoms with Gasteiger partial charge in [0.2, 0.25) is 0 Å². The standard InChI is InChI=1S/C8H14N4/c1-3-7-11-6(9)5-8(12-7)10-4-2/h5H,3-4H2,1-2H3,(H3,9,10,11,12). The van der Waals surface area contributed by atoms with Crippen molar-refractivity contribution in [1.29, 1.82) is 0 Å². The number of hydrogen-bond acceptors (Lipinski definition) is 4. The van der Waals surface area contributed by atoms with Crippen molar-refractivity contribution in [1.82, 2.24) is 9.97 Å². The van der Waals surface area contributed by atoms with Gasteiger partial charge in [0.25, 0.3) is 0 Å². The number of aromatic nitrogens is 2. The van der Waals surface area contributed by atoms with Crippen LogP contribution in [0.25, 0.3) is 0 Å². The normalized spacial score (nSPS) is 9.83. The summed E-state index contributed by atoms with van der Waals surface area (Å²) in [4.78, 5) is 8.30. The highest BCUT2D eigenvalue weighted by Crippen LogP contribution is 2.07. The van der Waals surface area contributed by atoms with Gasteiger partial charge in [-0.3, -0.25) is 0 Å². The van der Waals surface area contributed by atoms with Crippen molar-refractivity contribution in [2.75, 3.05) is 17.6 Å². The third kappa shape index (κ3) is 2.08. The van der Waals surface area contributed by atoms with Gasteiger partial charge in [-0.25, -0.2) is 9.97 Å². The molecular formula is C8H14N4. The van der Waals surface area contributed by atoms with E-state index in [-0.39, 0.29) is 0 Å². The monoisotopic (exact) mass is 166 g/mol. The second kappa shape index (κ2) is 3.90. The molecule has 0 saturated heterocycles. The Kier molecular flexibility index (Phi) is 2.85. The van der Waals surface area contributed by atoms with Crippen LogP contribution in [0.15, 0.2) is 6.07 Å². The highest BCUT2D eigenvalue weighted by atomic mass is 15.0. The molecule has 3 N–H and O–H groups in total. The average Bonchev–Trinajstić information content (AvgIpc) is 2.04. The molecule has 0 saturated carbocycles. The lowest BCUT2D eigenvalue weighted by Crippen LogP contribution is -2.05. The molecule has 0 spiro atoms. The minimum atomic E-state index is 0.526. The Morgan fingerprint density at radius 2 is 2.17 bits per heavy atom. The van der Waals surface area contributed by atoms with E-state index in [0.717, 1.165) is 24.6 Å². The van der Waals surface area contributed by atoms with Gasteiger partial charge in [0.05, 0.1) is 0 Å². The molecule has 0 aliphatic rings. The molecule has 0 aliphatic carbocycles. The molecule has 4 heteroatoms. The highest BCUT2D eigenvalue weighted by Gasteiger charge is 1.98. The van der Waals surface area contributed by atoms with E-state index >= 15 is 0 Å². The Bertz CT molecular complexity index is 259. The molecule has 4 nitrogen and oxygen atoms in total. The van der Waals surface area contributed by atoms with E-state index in [4.69, 9.17) is 5.73 Å². The number of hydrogen-bond donors (Lipinski definition) is 2. The van der Waals surface area contributed by atoms with Gasteiger partial charge < -0.3 is 11.1 Å². The summed E-state index contributed by atoms with van der Waals surface area (Å²) in [5, 5.41) is 3.09. The zero-order valence-corrected chi connectivity index (χ0v) is 7.46. The Hall–Kier alpha value is -1.32. The maximum atomic E-state index is 5.57. The van der Waals surface area contributed by atoms with Gasteiger partial charge in [-0.05, 0) is 6.92 Å². The summed E-state index contributed by atoms with van der Waals surface area (Å²) in [5.74, 6) is 2.12. The van der Waals surface area contributed by atoms with Gasteiger partial charge >= 0.3 is 0 Å². The summed E-state index contributed by atoms with van der Waals surface area (Å²) in [7, 11) is 0. The Balaban J connectivity index is 2.90. The molecule has 0 radical (unpaired) electrons. The molecular weight excluding hydrogens is 152 g/mol. The van der Waals surface area contributed by atoms with Crippen LogP contribution in [0.2, 0.25) is 0 Å². The number of rotatable bonds is 3. The molecule has 0 fully saturated rings. The first-order valence-corrected chi connectivity index (χ1v) is 4.13. The maximum Gasteiger partial charge on any atom is 0.132 e. The van der Waals surface area contributed by atoms with Crippen LogP contribution in [-0.2, 0) is 6.42 Å². The SMILES string of the molecule is CCNc1cc(N)nc(CC)n1. The van der Waals surface area contributed by atoms with Crippen molar-refractivity contribution in [3.8, 4) is 0 Å². The van der Waals surface area contributed by atoms with E-state index in [2.05, 4.69) is 15.3 Å². The van der Waals surface area contributed by atoms with Crippen LogP contribution in [0.4, 0.5) is 11.6 Å². The molecule has 12 heavy (non-hydrogen) atoms. The van der Waals surface area contributed by atoms with Crippen molar-refractivity contribution < 1.29 is 0 Å². The van der Waals surface area contributed by atoms with E-state index < -0.39 is 0 Å². The summed E-state index contributed by atoms with van der Waals surface area (Å²) < 4.78 is 0. The Morgan fingerprint density at radius 3 is 2.75 bits per heavy atom. The minimum Gasteiger partial charge on any atom is -0.384 e. The number of nitrogens with zero attached hydrogens (tertiary/aromatic N) is 2. The van der Waals surface area contributed by atoms with E-state index in [1.807, 2.05) is 13.8 Å². The fraction of sp³-hybridized carbons (Fsp3) is 0.500. The Labute approximate surface area is 72.2 Å². The van der Waals surface area contributed by atoms with E-state index in [1.54, 1.807) is 6.07 Å². The quantitative estimate of drug-likeness (QED) is 0.704. The molecule has 0 amide bonds. The molecule has 0 unspecified atom stereocenters. The van der Waals surface area contributed by atoms with Crippen LogP contribution in [0.3, 0.4) is 0 Å². The molecule has 0 aliphatic heterocycles. The largest absolute Gasteiger partial charge is 0.384 e. The van der Waals surface area contributed by atoms with E-state index in [9.17, 15) is 0 Å². The summed E-state index contributed by atoms with van der Waals surface area (Å²) in [5.41, 5.74) is 5.57.